The minimum Gasteiger partial charge on any atom is -0.447 e. The van der Waals surface area contributed by atoms with Crippen molar-refractivity contribution >= 4 is 29.6 Å². The molecule has 0 atom stereocenters. The van der Waals surface area contributed by atoms with Crippen LogP contribution in [-0.4, -0.2) is 22.6 Å². The smallest absolute Gasteiger partial charge is 0.431 e. The molecule has 26 heavy (non-hydrogen) atoms. The molecule has 0 aromatic heterocycles. The van der Waals surface area contributed by atoms with E-state index in [0.717, 1.165) is 0 Å². The molecule has 8 heteroatoms. The lowest BCUT2D eigenvalue weighted by atomic mass is 10.4. The predicted molar refractivity (Wildman–Crippen MR) is 98.1 cm³/mol. The molecule has 0 bridgehead atoms. The number of hydrogen-bond donors (Lipinski definition) is 1. The molecule has 0 heterocycles. The second-order valence-electron chi connectivity index (χ2n) is 5.52. The van der Waals surface area contributed by atoms with Gasteiger partial charge in [0.1, 0.15) is 0 Å². The van der Waals surface area contributed by atoms with Crippen LogP contribution in [0.3, 0.4) is 0 Å². The maximum atomic E-state index is 14.1. The van der Waals surface area contributed by atoms with Gasteiger partial charge >= 0.3 is 12.3 Å². The van der Waals surface area contributed by atoms with Crippen LogP contribution in [0.2, 0.25) is 0 Å². The number of hydrogen-bond acceptors (Lipinski definition) is 4. The molecule has 1 amide bonds. The maximum Gasteiger partial charge on any atom is 0.431 e. The standard InChI is InChI=1S/C18H18F3NO2S2/c1-13(2)24-16(23)22-18(17(19,20)21,25-14-9-5-3-6-10-14)26-15-11-7-4-8-12-15/h3-13H,1-2H3,(H,22,23). The largest absolute Gasteiger partial charge is 0.447 e. The first-order valence-electron chi connectivity index (χ1n) is 7.75. The Morgan fingerprint density at radius 3 is 1.69 bits per heavy atom. The van der Waals surface area contributed by atoms with E-state index in [4.69, 9.17) is 4.74 Å². The van der Waals surface area contributed by atoms with Gasteiger partial charge in [0.15, 0.2) is 0 Å². The molecule has 0 spiro atoms. The highest BCUT2D eigenvalue weighted by Crippen LogP contribution is 2.53. The Hall–Kier alpha value is -1.80. The fourth-order valence-electron chi connectivity index (χ4n) is 1.95. The Bertz CT molecular complexity index is 668. The molecule has 0 radical (unpaired) electrons. The molecule has 2 aromatic carbocycles. The van der Waals surface area contributed by atoms with E-state index < -0.39 is 22.6 Å². The number of thioether (sulfide) groups is 2. The number of alkyl carbamates (subject to hydrolysis) is 1. The van der Waals surface area contributed by atoms with Crippen molar-refractivity contribution in [2.45, 2.75) is 40.1 Å². The van der Waals surface area contributed by atoms with Crippen molar-refractivity contribution < 1.29 is 22.7 Å². The molecule has 0 aliphatic carbocycles. The summed E-state index contributed by atoms with van der Waals surface area (Å²) in [5.74, 6) is 0. The highest BCUT2D eigenvalue weighted by molar-refractivity contribution is 8.18. The SMILES string of the molecule is CC(C)OC(=O)NC(Sc1ccccc1)(Sc1ccccc1)C(F)(F)F. The van der Waals surface area contributed by atoms with Crippen LogP contribution in [0.1, 0.15) is 13.8 Å². The lowest BCUT2D eigenvalue weighted by Gasteiger charge is -2.35. The topological polar surface area (TPSA) is 38.3 Å². The van der Waals surface area contributed by atoms with E-state index in [2.05, 4.69) is 0 Å². The van der Waals surface area contributed by atoms with E-state index in [9.17, 15) is 18.0 Å². The van der Waals surface area contributed by atoms with Crippen LogP contribution < -0.4 is 5.32 Å². The van der Waals surface area contributed by atoms with Crippen molar-refractivity contribution in [2.24, 2.45) is 0 Å². The summed E-state index contributed by atoms with van der Waals surface area (Å²) in [5.41, 5.74) is 0. The van der Waals surface area contributed by atoms with Gasteiger partial charge in [-0.3, -0.25) is 5.32 Å². The minimum absolute atomic E-state index is 0.373. The highest BCUT2D eigenvalue weighted by Gasteiger charge is 2.58. The molecule has 1 N–H and O–H groups in total. The zero-order valence-corrected chi connectivity index (χ0v) is 15.8. The number of carbonyl (C=O) groups is 1. The number of benzene rings is 2. The lowest BCUT2D eigenvalue weighted by molar-refractivity contribution is -0.142. The van der Waals surface area contributed by atoms with Crippen LogP contribution in [-0.2, 0) is 4.74 Å². The van der Waals surface area contributed by atoms with Gasteiger partial charge in [-0.25, -0.2) is 4.79 Å². The third kappa shape index (κ3) is 5.60. The van der Waals surface area contributed by atoms with E-state index >= 15 is 0 Å². The lowest BCUT2D eigenvalue weighted by Crippen LogP contribution is -2.54. The summed E-state index contributed by atoms with van der Waals surface area (Å²) in [5, 5.41) is 2.04. The predicted octanol–water partition coefficient (Wildman–Crippen LogP) is 5.92. The van der Waals surface area contributed by atoms with Gasteiger partial charge in [-0.1, -0.05) is 59.9 Å². The number of carbonyl (C=O) groups excluding carboxylic acids is 1. The number of nitrogens with one attached hydrogen (secondary N) is 1. The van der Waals surface area contributed by atoms with E-state index in [-0.39, 0.29) is 0 Å². The van der Waals surface area contributed by atoms with Crippen LogP contribution in [0.25, 0.3) is 0 Å². The third-order valence-electron chi connectivity index (χ3n) is 2.99. The average molecular weight is 401 g/mol. The third-order valence-corrected chi connectivity index (χ3v) is 5.75. The van der Waals surface area contributed by atoms with Crippen molar-refractivity contribution in [1.82, 2.24) is 5.32 Å². The molecule has 0 aliphatic rings. The van der Waals surface area contributed by atoms with Crippen LogP contribution >= 0.6 is 23.5 Å². The van der Waals surface area contributed by atoms with Gasteiger partial charge < -0.3 is 4.74 Å². The second kappa shape index (κ2) is 8.73. The maximum absolute atomic E-state index is 14.1. The number of rotatable bonds is 6. The summed E-state index contributed by atoms with van der Waals surface area (Å²) in [4.78, 5) is 12.8. The van der Waals surface area contributed by atoms with Gasteiger partial charge in [-0.15, -0.1) is 0 Å². The number of alkyl halides is 3. The van der Waals surface area contributed by atoms with E-state index in [0.29, 0.717) is 33.3 Å². The molecule has 0 unspecified atom stereocenters. The summed E-state index contributed by atoms with van der Waals surface area (Å²) in [7, 11) is 0. The first-order chi connectivity index (χ1) is 12.2. The number of amides is 1. The molecule has 3 nitrogen and oxygen atoms in total. The zero-order chi connectivity index (χ0) is 19.2. The fraction of sp³-hybridized carbons (Fsp3) is 0.278. The molecular weight excluding hydrogens is 383 g/mol. The molecule has 0 saturated heterocycles. The summed E-state index contributed by atoms with van der Waals surface area (Å²) >= 11 is 1.04. The summed E-state index contributed by atoms with van der Waals surface area (Å²) < 4.78 is 44.7. The van der Waals surface area contributed by atoms with Crippen LogP contribution in [0.5, 0.6) is 0 Å². The quantitative estimate of drug-likeness (QED) is 0.482. The minimum atomic E-state index is -4.75. The van der Waals surface area contributed by atoms with Crippen LogP contribution in [0.15, 0.2) is 70.5 Å². The van der Waals surface area contributed by atoms with Gasteiger partial charge in [-0.2, -0.15) is 13.2 Å². The van der Waals surface area contributed by atoms with Gasteiger partial charge in [0.05, 0.1) is 6.10 Å². The van der Waals surface area contributed by atoms with Crippen molar-refractivity contribution in [3.8, 4) is 0 Å². The molecule has 0 saturated carbocycles. The zero-order valence-electron chi connectivity index (χ0n) is 14.1. The first-order valence-corrected chi connectivity index (χ1v) is 9.39. The summed E-state index contributed by atoms with van der Waals surface area (Å²) in [6.07, 6.45) is -6.40. The normalized spacial score (nSPS) is 12.1. The van der Waals surface area contributed by atoms with Crippen molar-refractivity contribution in [1.29, 1.82) is 0 Å². The Balaban J connectivity index is 2.42. The van der Waals surface area contributed by atoms with Gasteiger partial charge in [0, 0.05) is 9.79 Å². The van der Waals surface area contributed by atoms with Crippen molar-refractivity contribution in [2.75, 3.05) is 0 Å². The fourth-order valence-corrected chi connectivity index (χ4v) is 4.44. The monoisotopic (exact) mass is 401 g/mol. The van der Waals surface area contributed by atoms with Gasteiger partial charge in [0.25, 0.3) is 0 Å². The van der Waals surface area contributed by atoms with Crippen molar-refractivity contribution in [3.05, 3.63) is 60.7 Å². The van der Waals surface area contributed by atoms with Crippen LogP contribution in [0.4, 0.5) is 18.0 Å². The van der Waals surface area contributed by atoms with E-state index in [1.807, 2.05) is 5.32 Å². The Labute approximate surface area is 158 Å². The average Bonchev–Trinajstić information content (AvgIpc) is 2.54. The molecule has 2 rings (SSSR count). The Morgan fingerprint density at radius 1 is 0.923 bits per heavy atom. The Kier molecular flexibility index (Phi) is 6.88. The molecule has 2 aromatic rings. The van der Waals surface area contributed by atoms with Crippen LogP contribution in [0, 0.1) is 0 Å². The van der Waals surface area contributed by atoms with E-state index in [1.165, 1.54) is 0 Å². The summed E-state index contributed by atoms with van der Waals surface area (Å²) in [6.45, 7) is 3.15. The van der Waals surface area contributed by atoms with Gasteiger partial charge in [-0.05, 0) is 38.1 Å². The number of halogens is 3. The number of ether oxygens (including phenoxy) is 1. The summed E-state index contributed by atoms with van der Waals surface area (Å²) in [6, 6.07) is 16.2. The highest BCUT2D eigenvalue weighted by atomic mass is 32.2. The van der Waals surface area contributed by atoms with Crippen molar-refractivity contribution in [3.63, 3.8) is 0 Å². The second-order valence-corrected chi connectivity index (χ2v) is 8.36. The molecule has 0 aliphatic heterocycles. The van der Waals surface area contributed by atoms with E-state index in [1.54, 1.807) is 74.5 Å². The van der Waals surface area contributed by atoms with Gasteiger partial charge in [0.2, 0.25) is 4.20 Å². The molecule has 0 fully saturated rings. The Morgan fingerprint density at radius 2 is 1.35 bits per heavy atom. The molecule has 140 valence electrons. The first kappa shape index (κ1) is 20.5. The molecular formula is C18H18F3NO2S2.